The SMILES string of the molecule is COc1c(Cc2cn(-c3ccc(Cl)cc3-c3ncncc3C)nn2)ccc(C)c1C. The van der Waals surface area contributed by atoms with E-state index in [-0.39, 0.29) is 0 Å². The first-order valence-corrected chi connectivity index (χ1v) is 9.97. The standard InChI is InChI=1S/C23H22ClN5O/c1-14-5-6-17(23(30-4)16(14)3)9-19-12-29(28-27-19)21-8-7-18(24)10-20(21)22-15(2)11-25-13-26-22/h5-8,10-13H,9H2,1-4H3. The van der Waals surface area contributed by atoms with E-state index >= 15 is 0 Å². The van der Waals surface area contributed by atoms with Gasteiger partial charge in [0.2, 0.25) is 0 Å². The molecule has 0 bridgehead atoms. The van der Waals surface area contributed by atoms with E-state index in [0.29, 0.717) is 11.4 Å². The number of hydrogen-bond donors (Lipinski definition) is 0. The predicted octanol–water partition coefficient (Wildman–Crippen LogP) is 4.90. The molecule has 0 amide bonds. The lowest BCUT2D eigenvalue weighted by Crippen LogP contribution is -2.00. The number of halogens is 1. The molecule has 0 radical (unpaired) electrons. The Morgan fingerprint density at radius 2 is 1.90 bits per heavy atom. The van der Waals surface area contributed by atoms with Crippen molar-refractivity contribution < 1.29 is 4.74 Å². The number of methoxy groups -OCH3 is 1. The van der Waals surface area contributed by atoms with Crippen LogP contribution in [0.3, 0.4) is 0 Å². The second-order valence-corrected chi connectivity index (χ2v) is 7.68. The second-order valence-electron chi connectivity index (χ2n) is 7.25. The van der Waals surface area contributed by atoms with E-state index in [1.165, 1.54) is 11.9 Å². The number of nitrogens with zero attached hydrogens (tertiary/aromatic N) is 5. The number of ether oxygens (including phenoxy) is 1. The van der Waals surface area contributed by atoms with E-state index in [1.54, 1.807) is 18.0 Å². The number of hydrogen-bond acceptors (Lipinski definition) is 5. The molecule has 0 saturated carbocycles. The lowest BCUT2D eigenvalue weighted by atomic mass is 10.0. The Bertz CT molecular complexity index is 1220. The summed E-state index contributed by atoms with van der Waals surface area (Å²) in [5.41, 5.74) is 7.77. The van der Waals surface area contributed by atoms with Crippen molar-refractivity contribution in [1.29, 1.82) is 0 Å². The summed E-state index contributed by atoms with van der Waals surface area (Å²) in [5, 5.41) is 9.38. The fourth-order valence-electron chi connectivity index (χ4n) is 3.54. The van der Waals surface area contributed by atoms with Crippen LogP contribution >= 0.6 is 11.6 Å². The van der Waals surface area contributed by atoms with Gasteiger partial charge in [0.05, 0.1) is 30.4 Å². The maximum atomic E-state index is 6.28. The summed E-state index contributed by atoms with van der Waals surface area (Å²) in [6, 6.07) is 9.84. The number of rotatable bonds is 5. The Morgan fingerprint density at radius 3 is 2.67 bits per heavy atom. The Hall–Kier alpha value is -3.25. The van der Waals surface area contributed by atoms with Crippen molar-refractivity contribution in [3.05, 3.63) is 82.0 Å². The van der Waals surface area contributed by atoms with Gasteiger partial charge in [-0.1, -0.05) is 28.9 Å². The van der Waals surface area contributed by atoms with Crippen molar-refractivity contribution >= 4 is 11.6 Å². The van der Waals surface area contributed by atoms with Crippen molar-refractivity contribution in [3.8, 4) is 22.7 Å². The fourth-order valence-corrected chi connectivity index (χ4v) is 3.71. The van der Waals surface area contributed by atoms with Gasteiger partial charge in [-0.25, -0.2) is 14.6 Å². The molecule has 2 aromatic heterocycles. The Morgan fingerprint density at radius 1 is 1.07 bits per heavy atom. The van der Waals surface area contributed by atoms with Crippen LogP contribution in [-0.4, -0.2) is 32.1 Å². The molecule has 0 aliphatic carbocycles. The summed E-state index contributed by atoms with van der Waals surface area (Å²) in [6.45, 7) is 6.12. The summed E-state index contributed by atoms with van der Waals surface area (Å²) >= 11 is 6.28. The molecule has 0 unspecified atom stereocenters. The average molecular weight is 420 g/mol. The number of benzene rings is 2. The minimum atomic E-state index is 0.625. The molecule has 0 atom stereocenters. The third-order valence-corrected chi connectivity index (χ3v) is 5.47. The van der Waals surface area contributed by atoms with E-state index in [9.17, 15) is 0 Å². The lowest BCUT2D eigenvalue weighted by Gasteiger charge is -2.12. The van der Waals surface area contributed by atoms with Gasteiger partial charge < -0.3 is 4.74 Å². The van der Waals surface area contributed by atoms with Crippen LogP contribution in [0.15, 0.2) is 49.1 Å². The highest BCUT2D eigenvalue weighted by Gasteiger charge is 2.15. The van der Waals surface area contributed by atoms with Crippen LogP contribution in [-0.2, 0) is 6.42 Å². The summed E-state index contributed by atoms with van der Waals surface area (Å²) in [7, 11) is 1.70. The highest BCUT2D eigenvalue weighted by molar-refractivity contribution is 6.31. The van der Waals surface area contributed by atoms with E-state index in [2.05, 4.69) is 46.3 Å². The third kappa shape index (κ3) is 3.78. The highest BCUT2D eigenvalue weighted by atomic mass is 35.5. The van der Waals surface area contributed by atoms with Gasteiger partial charge in [0.15, 0.2) is 0 Å². The smallest absolute Gasteiger partial charge is 0.125 e. The van der Waals surface area contributed by atoms with Gasteiger partial charge >= 0.3 is 0 Å². The summed E-state index contributed by atoms with van der Waals surface area (Å²) in [4.78, 5) is 8.53. The third-order valence-electron chi connectivity index (χ3n) is 5.23. The molecule has 6 nitrogen and oxygen atoms in total. The first kappa shape index (κ1) is 20.0. The Kier molecular flexibility index (Phi) is 5.50. The van der Waals surface area contributed by atoms with Crippen molar-refractivity contribution in [2.45, 2.75) is 27.2 Å². The molecule has 0 aliphatic rings. The quantitative estimate of drug-likeness (QED) is 0.460. The zero-order valence-electron chi connectivity index (χ0n) is 17.3. The molecule has 0 saturated heterocycles. The molecule has 0 fully saturated rings. The summed E-state index contributed by atoms with van der Waals surface area (Å²) < 4.78 is 7.40. The molecule has 30 heavy (non-hydrogen) atoms. The number of aryl methyl sites for hydroxylation is 2. The molecule has 2 heterocycles. The molecule has 2 aromatic carbocycles. The second kappa shape index (κ2) is 8.24. The first-order chi connectivity index (χ1) is 14.5. The molecule has 7 heteroatoms. The molecular formula is C23H22ClN5O. The fraction of sp³-hybridized carbons (Fsp3) is 0.217. The number of aromatic nitrogens is 5. The van der Waals surface area contributed by atoms with Crippen molar-refractivity contribution in [2.24, 2.45) is 0 Å². The topological polar surface area (TPSA) is 65.7 Å². The summed E-state index contributed by atoms with van der Waals surface area (Å²) in [6.07, 6.45) is 5.87. The molecule has 4 rings (SSSR count). The van der Waals surface area contributed by atoms with Gasteiger partial charge in [-0.3, -0.25) is 0 Å². The average Bonchev–Trinajstić information content (AvgIpc) is 3.19. The van der Waals surface area contributed by atoms with Crippen LogP contribution in [0.25, 0.3) is 16.9 Å². The van der Waals surface area contributed by atoms with E-state index < -0.39 is 0 Å². The Balaban J connectivity index is 1.73. The predicted molar refractivity (Wildman–Crippen MR) is 117 cm³/mol. The van der Waals surface area contributed by atoms with E-state index in [0.717, 1.165) is 45.1 Å². The van der Waals surface area contributed by atoms with Crippen LogP contribution in [0, 0.1) is 20.8 Å². The molecule has 0 aliphatic heterocycles. The molecule has 4 aromatic rings. The van der Waals surface area contributed by atoms with Crippen molar-refractivity contribution in [3.63, 3.8) is 0 Å². The van der Waals surface area contributed by atoms with Crippen LogP contribution in [0.4, 0.5) is 0 Å². The maximum Gasteiger partial charge on any atom is 0.125 e. The normalized spacial score (nSPS) is 11.0. The highest BCUT2D eigenvalue weighted by Crippen LogP contribution is 2.31. The zero-order chi connectivity index (χ0) is 21.3. The Labute approximate surface area is 180 Å². The van der Waals surface area contributed by atoms with Gasteiger partial charge in [0.25, 0.3) is 0 Å². The maximum absolute atomic E-state index is 6.28. The minimum absolute atomic E-state index is 0.625. The first-order valence-electron chi connectivity index (χ1n) is 9.59. The monoisotopic (exact) mass is 419 g/mol. The molecule has 0 spiro atoms. The van der Waals surface area contributed by atoms with E-state index in [4.69, 9.17) is 16.3 Å². The van der Waals surface area contributed by atoms with Crippen LogP contribution in [0.2, 0.25) is 5.02 Å². The van der Waals surface area contributed by atoms with Crippen LogP contribution in [0.1, 0.15) is 27.9 Å². The van der Waals surface area contributed by atoms with Gasteiger partial charge in [0, 0.05) is 28.8 Å². The lowest BCUT2D eigenvalue weighted by molar-refractivity contribution is 0.407. The van der Waals surface area contributed by atoms with Gasteiger partial charge in [-0.15, -0.1) is 5.10 Å². The molecule has 152 valence electrons. The van der Waals surface area contributed by atoms with Crippen LogP contribution in [0.5, 0.6) is 5.75 Å². The molecule has 0 N–H and O–H groups in total. The van der Waals surface area contributed by atoms with Gasteiger partial charge in [0.1, 0.15) is 12.1 Å². The largest absolute Gasteiger partial charge is 0.496 e. The zero-order valence-corrected chi connectivity index (χ0v) is 18.1. The summed E-state index contributed by atoms with van der Waals surface area (Å²) in [5.74, 6) is 0.897. The van der Waals surface area contributed by atoms with Gasteiger partial charge in [-0.05, 0) is 55.7 Å². The van der Waals surface area contributed by atoms with Crippen molar-refractivity contribution in [2.75, 3.05) is 7.11 Å². The van der Waals surface area contributed by atoms with Crippen LogP contribution < -0.4 is 4.74 Å². The van der Waals surface area contributed by atoms with Gasteiger partial charge in [-0.2, -0.15) is 0 Å². The van der Waals surface area contributed by atoms with E-state index in [1.807, 2.05) is 31.3 Å². The molecular weight excluding hydrogens is 398 g/mol. The van der Waals surface area contributed by atoms with Crippen molar-refractivity contribution in [1.82, 2.24) is 25.0 Å². The minimum Gasteiger partial charge on any atom is -0.496 e.